The lowest BCUT2D eigenvalue weighted by Gasteiger charge is -2.33. The van der Waals surface area contributed by atoms with Crippen LogP contribution in [0.5, 0.6) is 0 Å². The molecule has 0 spiro atoms. The molecule has 1 amide bonds. The summed E-state index contributed by atoms with van der Waals surface area (Å²) in [6, 6.07) is 23.7. The Hall–Kier alpha value is -3.28. The molecule has 1 aliphatic rings. The Bertz CT molecular complexity index is 1320. The van der Waals surface area contributed by atoms with Crippen LogP contribution >= 0.6 is 23.2 Å². The van der Waals surface area contributed by atoms with Crippen molar-refractivity contribution in [2.45, 2.75) is 18.9 Å². The highest BCUT2D eigenvalue weighted by molar-refractivity contribution is 6.43. The van der Waals surface area contributed by atoms with Crippen molar-refractivity contribution in [2.24, 2.45) is 0 Å². The van der Waals surface area contributed by atoms with Gasteiger partial charge in [-0.1, -0.05) is 47.5 Å². The maximum atomic E-state index is 12.7. The summed E-state index contributed by atoms with van der Waals surface area (Å²) in [6.07, 6.45) is 3.52. The second-order valence-electron chi connectivity index (χ2n) is 8.40. The van der Waals surface area contributed by atoms with Gasteiger partial charge in [0.2, 0.25) is 0 Å². The first-order valence-electron chi connectivity index (χ1n) is 11.3. The Balaban J connectivity index is 1.26. The molecule has 0 unspecified atom stereocenters. The minimum absolute atomic E-state index is 0.0791. The number of nitrogens with one attached hydrogen (secondary N) is 2. The summed E-state index contributed by atoms with van der Waals surface area (Å²) in [5.41, 5.74) is 2.50. The number of carbonyl (C=O) groups excluding carboxylic acids is 1. The van der Waals surface area contributed by atoms with E-state index in [0.717, 1.165) is 53.9 Å². The third-order valence-corrected chi connectivity index (χ3v) is 6.95. The maximum Gasteiger partial charge on any atom is 0.253 e. The first kappa shape index (κ1) is 22.5. The number of carbonyl (C=O) groups is 1. The first-order chi connectivity index (χ1) is 16.6. The van der Waals surface area contributed by atoms with Gasteiger partial charge in [-0.2, -0.15) is 0 Å². The van der Waals surface area contributed by atoms with Gasteiger partial charge in [0.05, 0.1) is 15.6 Å². The van der Waals surface area contributed by atoms with Crippen LogP contribution in [-0.2, 0) is 0 Å². The van der Waals surface area contributed by atoms with Gasteiger partial charge in [0, 0.05) is 42.1 Å². The Kier molecular flexibility index (Phi) is 6.57. The number of fused-ring (bicyclic) bond motifs is 1. The molecule has 7 heteroatoms. The Morgan fingerprint density at radius 3 is 2.50 bits per heavy atom. The van der Waals surface area contributed by atoms with E-state index in [0.29, 0.717) is 15.6 Å². The number of amides is 1. The van der Waals surface area contributed by atoms with Gasteiger partial charge in [-0.05, 0) is 66.8 Å². The van der Waals surface area contributed by atoms with Crippen molar-refractivity contribution in [1.82, 2.24) is 10.3 Å². The molecule has 172 valence electrons. The number of benzene rings is 3. The lowest BCUT2D eigenvalue weighted by atomic mass is 10.0. The minimum atomic E-state index is -0.187. The SMILES string of the molecule is O=C(NC1CCN(c2nccc3cc(Nc4ccccc4)ccc23)CC1)c1cccc(Cl)c1Cl. The molecule has 0 aliphatic carbocycles. The summed E-state index contributed by atoms with van der Waals surface area (Å²) in [5, 5.41) is 9.48. The second-order valence-corrected chi connectivity index (χ2v) is 9.18. The van der Waals surface area contributed by atoms with E-state index < -0.39 is 0 Å². The van der Waals surface area contributed by atoms with E-state index in [1.54, 1.807) is 18.2 Å². The van der Waals surface area contributed by atoms with Gasteiger partial charge in [-0.3, -0.25) is 4.79 Å². The first-order valence-corrected chi connectivity index (χ1v) is 12.0. The number of para-hydroxylation sites is 1. The molecule has 1 saturated heterocycles. The van der Waals surface area contributed by atoms with Crippen LogP contribution in [0.1, 0.15) is 23.2 Å². The van der Waals surface area contributed by atoms with Gasteiger partial charge in [-0.25, -0.2) is 4.98 Å². The quantitative estimate of drug-likeness (QED) is 0.327. The predicted molar refractivity (Wildman–Crippen MR) is 141 cm³/mol. The van der Waals surface area contributed by atoms with Crippen LogP contribution in [0.4, 0.5) is 17.2 Å². The zero-order chi connectivity index (χ0) is 23.5. The van der Waals surface area contributed by atoms with Crippen LogP contribution in [0.25, 0.3) is 10.8 Å². The Labute approximate surface area is 208 Å². The summed E-state index contributed by atoms with van der Waals surface area (Å²) >= 11 is 12.3. The molecule has 0 bridgehead atoms. The highest BCUT2D eigenvalue weighted by Crippen LogP contribution is 2.30. The molecule has 1 aromatic heterocycles. The molecule has 34 heavy (non-hydrogen) atoms. The normalized spacial score (nSPS) is 14.2. The molecule has 3 aromatic carbocycles. The number of hydrogen-bond acceptors (Lipinski definition) is 4. The molecule has 1 fully saturated rings. The summed E-state index contributed by atoms with van der Waals surface area (Å²) in [7, 11) is 0. The number of nitrogens with zero attached hydrogens (tertiary/aromatic N) is 2. The molecular formula is C27H24Cl2N4O. The van der Waals surface area contributed by atoms with Crippen LogP contribution in [0.15, 0.2) is 79.0 Å². The fourth-order valence-corrected chi connectivity index (χ4v) is 4.74. The van der Waals surface area contributed by atoms with Crippen molar-refractivity contribution in [3.05, 3.63) is 94.6 Å². The predicted octanol–water partition coefficient (Wildman–Crippen LogP) is 6.68. The fraction of sp³-hybridized carbons (Fsp3) is 0.185. The van der Waals surface area contributed by atoms with Gasteiger partial charge in [0.1, 0.15) is 5.82 Å². The van der Waals surface area contributed by atoms with E-state index in [1.165, 1.54) is 0 Å². The number of halogens is 2. The van der Waals surface area contributed by atoms with Crippen molar-refractivity contribution in [3.63, 3.8) is 0 Å². The van der Waals surface area contributed by atoms with Crippen LogP contribution in [0.3, 0.4) is 0 Å². The van der Waals surface area contributed by atoms with E-state index in [1.807, 2.05) is 42.6 Å². The van der Waals surface area contributed by atoms with E-state index in [4.69, 9.17) is 23.2 Å². The molecule has 4 aromatic rings. The molecule has 2 heterocycles. The molecule has 5 nitrogen and oxygen atoms in total. The van der Waals surface area contributed by atoms with E-state index in [2.05, 4.69) is 38.7 Å². The highest BCUT2D eigenvalue weighted by atomic mass is 35.5. The number of anilines is 3. The van der Waals surface area contributed by atoms with Crippen LogP contribution < -0.4 is 15.5 Å². The smallest absolute Gasteiger partial charge is 0.253 e. The zero-order valence-electron chi connectivity index (χ0n) is 18.5. The molecular weight excluding hydrogens is 467 g/mol. The molecule has 0 saturated carbocycles. The largest absolute Gasteiger partial charge is 0.356 e. The molecule has 5 rings (SSSR count). The van der Waals surface area contributed by atoms with Crippen molar-refractivity contribution < 1.29 is 4.79 Å². The average Bonchev–Trinajstić information content (AvgIpc) is 2.86. The summed E-state index contributed by atoms with van der Waals surface area (Å²) in [5.74, 6) is 0.791. The second kappa shape index (κ2) is 9.92. The monoisotopic (exact) mass is 490 g/mol. The van der Waals surface area contributed by atoms with Crippen LogP contribution in [0.2, 0.25) is 10.0 Å². The van der Waals surface area contributed by atoms with Gasteiger partial charge in [0.15, 0.2) is 0 Å². The van der Waals surface area contributed by atoms with Crippen molar-refractivity contribution in [2.75, 3.05) is 23.3 Å². The van der Waals surface area contributed by atoms with Crippen molar-refractivity contribution >= 4 is 57.1 Å². The Morgan fingerprint density at radius 1 is 0.912 bits per heavy atom. The topological polar surface area (TPSA) is 57.3 Å². The van der Waals surface area contributed by atoms with Crippen LogP contribution in [0, 0.1) is 0 Å². The van der Waals surface area contributed by atoms with E-state index in [9.17, 15) is 4.79 Å². The number of rotatable bonds is 5. The zero-order valence-corrected chi connectivity index (χ0v) is 20.0. The van der Waals surface area contributed by atoms with Gasteiger partial charge in [-0.15, -0.1) is 0 Å². The summed E-state index contributed by atoms with van der Waals surface area (Å²) in [6.45, 7) is 1.62. The summed E-state index contributed by atoms with van der Waals surface area (Å²) in [4.78, 5) is 19.7. The summed E-state index contributed by atoms with van der Waals surface area (Å²) < 4.78 is 0. The van der Waals surface area contributed by atoms with E-state index >= 15 is 0 Å². The number of pyridine rings is 1. The van der Waals surface area contributed by atoms with Gasteiger partial charge < -0.3 is 15.5 Å². The van der Waals surface area contributed by atoms with Crippen molar-refractivity contribution in [3.8, 4) is 0 Å². The maximum absolute atomic E-state index is 12.7. The van der Waals surface area contributed by atoms with Crippen molar-refractivity contribution in [1.29, 1.82) is 0 Å². The minimum Gasteiger partial charge on any atom is -0.356 e. The molecule has 2 N–H and O–H groups in total. The molecule has 0 radical (unpaired) electrons. The molecule has 0 atom stereocenters. The lowest BCUT2D eigenvalue weighted by Crippen LogP contribution is -2.45. The molecule has 1 aliphatic heterocycles. The third kappa shape index (κ3) is 4.81. The number of hydrogen-bond donors (Lipinski definition) is 2. The number of aromatic nitrogens is 1. The number of piperidine rings is 1. The highest BCUT2D eigenvalue weighted by Gasteiger charge is 2.24. The van der Waals surface area contributed by atoms with Gasteiger partial charge in [0.25, 0.3) is 5.91 Å². The van der Waals surface area contributed by atoms with Crippen LogP contribution in [-0.4, -0.2) is 30.0 Å². The van der Waals surface area contributed by atoms with Gasteiger partial charge >= 0.3 is 0 Å². The lowest BCUT2D eigenvalue weighted by molar-refractivity contribution is 0.0931. The third-order valence-electron chi connectivity index (χ3n) is 6.13. The fourth-order valence-electron chi connectivity index (χ4n) is 4.36. The standard InChI is InChI=1S/C27H24Cl2N4O/c28-24-8-4-7-23(25(24)29)27(34)32-20-12-15-33(16-13-20)26-22-10-9-21(17-18(22)11-14-30-26)31-19-5-2-1-3-6-19/h1-11,14,17,20,31H,12-13,15-16H2,(H,32,34). The van der Waals surface area contributed by atoms with E-state index in [-0.39, 0.29) is 11.9 Å². The Morgan fingerprint density at radius 2 is 1.71 bits per heavy atom. The average molecular weight is 491 g/mol.